The molecule has 1 aromatic carbocycles. The third kappa shape index (κ3) is 3.69. The van der Waals surface area contributed by atoms with Gasteiger partial charge in [0, 0.05) is 37.2 Å². The van der Waals surface area contributed by atoms with E-state index in [9.17, 15) is 29.3 Å². The Morgan fingerprint density at radius 3 is 2.34 bits per heavy atom. The lowest BCUT2D eigenvalue weighted by Crippen LogP contribution is -2.49. The normalized spacial score (nSPS) is 19.3. The molecule has 4 amide bonds. The third-order valence-corrected chi connectivity index (χ3v) is 5.57. The number of imide groups is 1. The summed E-state index contributed by atoms with van der Waals surface area (Å²) >= 11 is 0. The molecule has 1 saturated heterocycles. The van der Waals surface area contributed by atoms with E-state index in [0.29, 0.717) is 25.9 Å². The van der Waals surface area contributed by atoms with Crippen LogP contribution in [0.1, 0.15) is 46.4 Å². The largest absolute Gasteiger partial charge is 0.352 e. The van der Waals surface area contributed by atoms with E-state index in [0.717, 1.165) is 29.9 Å². The minimum absolute atomic E-state index is 0.0558. The van der Waals surface area contributed by atoms with Crippen LogP contribution in [-0.2, 0) is 9.59 Å². The molecule has 2 heterocycles. The van der Waals surface area contributed by atoms with E-state index >= 15 is 0 Å². The van der Waals surface area contributed by atoms with Gasteiger partial charge in [-0.25, -0.2) is 0 Å². The van der Waals surface area contributed by atoms with Crippen molar-refractivity contribution in [2.75, 3.05) is 19.6 Å². The highest BCUT2D eigenvalue weighted by atomic mass is 16.6. The minimum atomic E-state index is -0.714. The van der Waals surface area contributed by atoms with Crippen molar-refractivity contribution in [3.05, 3.63) is 39.4 Å². The zero-order chi connectivity index (χ0) is 20.7. The van der Waals surface area contributed by atoms with Crippen LogP contribution in [0.5, 0.6) is 0 Å². The fourth-order valence-electron chi connectivity index (χ4n) is 3.79. The monoisotopic (exact) mass is 400 g/mol. The molecular weight excluding hydrogens is 380 g/mol. The van der Waals surface area contributed by atoms with Gasteiger partial charge in [0.25, 0.3) is 17.5 Å². The van der Waals surface area contributed by atoms with Gasteiger partial charge in [-0.1, -0.05) is 0 Å². The van der Waals surface area contributed by atoms with Gasteiger partial charge < -0.3 is 10.2 Å². The number of nitrogens with zero attached hydrogens (tertiary/aromatic N) is 3. The number of nitro groups is 1. The molecule has 1 N–H and O–H groups in total. The Kier molecular flexibility index (Phi) is 4.77. The van der Waals surface area contributed by atoms with Crippen LogP contribution in [-0.4, -0.2) is 64.0 Å². The second kappa shape index (κ2) is 7.26. The molecule has 1 aliphatic carbocycles. The summed E-state index contributed by atoms with van der Waals surface area (Å²) in [5, 5.41) is 13.7. The molecule has 0 atom stereocenters. The predicted octanol–water partition coefficient (Wildman–Crippen LogP) is 0.708. The Morgan fingerprint density at radius 2 is 1.72 bits per heavy atom. The van der Waals surface area contributed by atoms with E-state index < -0.39 is 29.2 Å². The summed E-state index contributed by atoms with van der Waals surface area (Å²) in [6.07, 6.45) is 3.16. The first kappa shape index (κ1) is 19.0. The Balaban J connectivity index is 1.33. The van der Waals surface area contributed by atoms with Crippen molar-refractivity contribution in [1.29, 1.82) is 0 Å². The van der Waals surface area contributed by atoms with Crippen molar-refractivity contribution in [3.8, 4) is 0 Å². The number of carbonyl (C=O) groups is 4. The summed E-state index contributed by atoms with van der Waals surface area (Å²) in [6.45, 7) is 0.718. The van der Waals surface area contributed by atoms with Gasteiger partial charge in [0.15, 0.2) is 0 Å². The first-order valence-electron chi connectivity index (χ1n) is 9.58. The average molecular weight is 400 g/mol. The molecule has 29 heavy (non-hydrogen) atoms. The number of benzene rings is 1. The summed E-state index contributed by atoms with van der Waals surface area (Å²) in [6, 6.07) is 3.32. The van der Waals surface area contributed by atoms with Gasteiger partial charge in [-0.15, -0.1) is 0 Å². The van der Waals surface area contributed by atoms with Crippen LogP contribution in [0, 0.1) is 16.0 Å². The number of piperidine rings is 1. The topological polar surface area (TPSA) is 130 Å². The fraction of sp³-hybridized carbons (Fsp3) is 0.474. The second-order valence-corrected chi connectivity index (χ2v) is 7.62. The Bertz CT molecular complexity index is 917. The summed E-state index contributed by atoms with van der Waals surface area (Å²) in [5.74, 6) is -1.46. The maximum Gasteiger partial charge on any atom is 0.270 e. The maximum atomic E-state index is 12.5. The molecule has 1 aromatic rings. The molecule has 0 spiro atoms. The predicted molar refractivity (Wildman–Crippen MR) is 98.9 cm³/mol. The highest BCUT2D eigenvalue weighted by molar-refractivity contribution is 6.22. The smallest absolute Gasteiger partial charge is 0.270 e. The number of nitrogens with one attached hydrogen (secondary N) is 1. The highest BCUT2D eigenvalue weighted by Gasteiger charge is 2.38. The fourth-order valence-corrected chi connectivity index (χ4v) is 3.79. The molecule has 3 aliphatic rings. The number of nitro benzene ring substituents is 1. The van der Waals surface area contributed by atoms with Crippen molar-refractivity contribution in [2.24, 2.45) is 5.92 Å². The molecule has 4 rings (SSSR count). The van der Waals surface area contributed by atoms with Crippen LogP contribution >= 0.6 is 0 Å². The van der Waals surface area contributed by atoms with Gasteiger partial charge in [-0.2, -0.15) is 0 Å². The number of amides is 4. The molecule has 2 aliphatic heterocycles. The Morgan fingerprint density at radius 1 is 1.07 bits per heavy atom. The van der Waals surface area contributed by atoms with Gasteiger partial charge in [-0.3, -0.25) is 34.2 Å². The molecule has 1 saturated carbocycles. The molecule has 2 fully saturated rings. The van der Waals surface area contributed by atoms with Crippen LogP contribution in [0.3, 0.4) is 0 Å². The standard InChI is InChI=1S/C19H20N4O6/c24-16(20-12-5-7-21(8-6-12)17(25)11-1-2-11)10-22-18(26)14-4-3-13(23(28)29)9-15(14)19(22)27/h3-4,9,11-12H,1-2,5-8,10H2,(H,20,24). The zero-order valence-electron chi connectivity index (χ0n) is 15.6. The summed E-state index contributed by atoms with van der Waals surface area (Å²) in [7, 11) is 0. The van der Waals surface area contributed by atoms with Crippen molar-refractivity contribution in [3.63, 3.8) is 0 Å². The summed E-state index contributed by atoms with van der Waals surface area (Å²) in [5.41, 5.74) is -0.298. The Hall–Kier alpha value is -3.30. The van der Waals surface area contributed by atoms with E-state index in [1.54, 1.807) is 0 Å². The summed E-state index contributed by atoms with van der Waals surface area (Å²) in [4.78, 5) is 62.2. The minimum Gasteiger partial charge on any atom is -0.352 e. The quantitative estimate of drug-likeness (QED) is 0.440. The van der Waals surface area contributed by atoms with Gasteiger partial charge in [0.1, 0.15) is 6.54 Å². The number of hydrogen-bond donors (Lipinski definition) is 1. The van der Waals surface area contributed by atoms with Gasteiger partial charge in [-0.05, 0) is 31.7 Å². The molecule has 10 nitrogen and oxygen atoms in total. The van der Waals surface area contributed by atoms with Crippen molar-refractivity contribution >= 4 is 29.3 Å². The van der Waals surface area contributed by atoms with E-state index in [-0.39, 0.29) is 34.7 Å². The number of rotatable bonds is 5. The number of hydrogen-bond acceptors (Lipinski definition) is 6. The van der Waals surface area contributed by atoms with Gasteiger partial charge in [0.2, 0.25) is 11.8 Å². The maximum absolute atomic E-state index is 12.5. The third-order valence-electron chi connectivity index (χ3n) is 5.57. The van der Waals surface area contributed by atoms with E-state index in [1.807, 2.05) is 4.90 Å². The zero-order valence-corrected chi connectivity index (χ0v) is 15.6. The number of fused-ring (bicyclic) bond motifs is 1. The highest BCUT2D eigenvalue weighted by Crippen LogP contribution is 2.32. The molecule has 0 bridgehead atoms. The van der Waals surface area contributed by atoms with Crippen LogP contribution in [0.25, 0.3) is 0 Å². The molecule has 10 heteroatoms. The SMILES string of the molecule is O=C(CN1C(=O)c2ccc([N+](=O)[O-])cc2C1=O)NC1CCN(C(=O)C2CC2)CC1. The van der Waals surface area contributed by atoms with E-state index in [1.165, 1.54) is 6.07 Å². The van der Waals surface area contributed by atoms with Crippen LogP contribution in [0.2, 0.25) is 0 Å². The second-order valence-electron chi connectivity index (χ2n) is 7.62. The first-order valence-corrected chi connectivity index (χ1v) is 9.58. The van der Waals surface area contributed by atoms with Gasteiger partial charge in [0.05, 0.1) is 16.1 Å². The van der Waals surface area contributed by atoms with Crippen LogP contribution < -0.4 is 5.32 Å². The van der Waals surface area contributed by atoms with Crippen LogP contribution in [0.4, 0.5) is 5.69 Å². The van der Waals surface area contributed by atoms with Crippen LogP contribution in [0.15, 0.2) is 18.2 Å². The number of carbonyl (C=O) groups excluding carboxylic acids is 4. The van der Waals surface area contributed by atoms with Crippen molar-refractivity contribution in [2.45, 2.75) is 31.7 Å². The van der Waals surface area contributed by atoms with E-state index in [4.69, 9.17) is 0 Å². The molecule has 0 aromatic heterocycles. The Labute approximate surface area is 166 Å². The number of likely N-dealkylation sites (tertiary alicyclic amines) is 1. The number of non-ortho nitro benzene ring substituents is 1. The van der Waals surface area contributed by atoms with Crippen molar-refractivity contribution in [1.82, 2.24) is 15.1 Å². The van der Waals surface area contributed by atoms with E-state index in [2.05, 4.69) is 5.32 Å². The lowest BCUT2D eigenvalue weighted by atomic mass is 10.0. The first-order chi connectivity index (χ1) is 13.8. The summed E-state index contributed by atoms with van der Waals surface area (Å²) < 4.78 is 0. The lowest BCUT2D eigenvalue weighted by Gasteiger charge is -2.32. The van der Waals surface area contributed by atoms with Crippen molar-refractivity contribution < 1.29 is 24.1 Å². The molecule has 0 radical (unpaired) electrons. The van der Waals surface area contributed by atoms with Gasteiger partial charge >= 0.3 is 0 Å². The molecule has 152 valence electrons. The molecular formula is C19H20N4O6. The average Bonchev–Trinajstić information content (AvgIpc) is 3.53. The lowest BCUT2D eigenvalue weighted by molar-refractivity contribution is -0.384. The molecule has 0 unspecified atom stereocenters.